The van der Waals surface area contributed by atoms with Crippen LogP contribution in [-0.4, -0.2) is 31.7 Å². The first-order valence-corrected chi connectivity index (χ1v) is 7.46. The standard InChI is InChI=1S/C18H21FN2O2/c1-21(2)16-5-3-4-14(12-16)18(23)20-11-10-17(22)13-6-8-15(19)9-7-13/h3-9,12,17,22H,10-11H2,1-2H3,(H,20,23). The summed E-state index contributed by atoms with van der Waals surface area (Å²) in [5.41, 5.74) is 2.16. The van der Waals surface area contributed by atoms with Gasteiger partial charge in [-0.25, -0.2) is 4.39 Å². The number of aliphatic hydroxyl groups excluding tert-OH is 1. The summed E-state index contributed by atoms with van der Waals surface area (Å²) in [6, 6.07) is 13.0. The molecule has 0 aliphatic rings. The molecule has 0 fully saturated rings. The Balaban J connectivity index is 1.87. The van der Waals surface area contributed by atoms with E-state index in [1.54, 1.807) is 18.2 Å². The van der Waals surface area contributed by atoms with Crippen molar-refractivity contribution in [1.29, 1.82) is 0 Å². The van der Waals surface area contributed by atoms with Gasteiger partial charge in [0, 0.05) is 31.9 Å². The minimum atomic E-state index is -0.732. The fraction of sp³-hybridized carbons (Fsp3) is 0.278. The number of benzene rings is 2. The van der Waals surface area contributed by atoms with Gasteiger partial charge in [-0.3, -0.25) is 4.79 Å². The van der Waals surface area contributed by atoms with Crippen LogP contribution in [-0.2, 0) is 0 Å². The predicted octanol–water partition coefficient (Wildman–Crippen LogP) is 2.75. The van der Waals surface area contributed by atoms with E-state index in [2.05, 4.69) is 5.32 Å². The lowest BCUT2D eigenvalue weighted by Crippen LogP contribution is -2.26. The van der Waals surface area contributed by atoms with E-state index in [0.717, 1.165) is 5.69 Å². The SMILES string of the molecule is CN(C)c1cccc(C(=O)NCCC(O)c2ccc(F)cc2)c1. The molecule has 0 aliphatic heterocycles. The van der Waals surface area contributed by atoms with Crippen molar-refractivity contribution in [3.63, 3.8) is 0 Å². The summed E-state index contributed by atoms with van der Waals surface area (Å²) in [5.74, 6) is -0.518. The Morgan fingerprint density at radius 1 is 1.22 bits per heavy atom. The highest BCUT2D eigenvalue weighted by Gasteiger charge is 2.10. The maximum absolute atomic E-state index is 12.8. The van der Waals surface area contributed by atoms with E-state index in [4.69, 9.17) is 0 Å². The van der Waals surface area contributed by atoms with Gasteiger partial charge in [-0.15, -0.1) is 0 Å². The average molecular weight is 316 g/mol. The van der Waals surface area contributed by atoms with Crippen LogP contribution >= 0.6 is 0 Å². The number of aliphatic hydroxyl groups is 1. The van der Waals surface area contributed by atoms with Gasteiger partial charge in [0.2, 0.25) is 0 Å². The monoisotopic (exact) mass is 316 g/mol. The molecule has 0 saturated carbocycles. The summed E-state index contributed by atoms with van der Waals surface area (Å²) >= 11 is 0. The summed E-state index contributed by atoms with van der Waals surface area (Å²) in [6.07, 6.45) is -0.367. The fourth-order valence-corrected chi connectivity index (χ4v) is 2.20. The minimum Gasteiger partial charge on any atom is -0.388 e. The van der Waals surface area contributed by atoms with Gasteiger partial charge >= 0.3 is 0 Å². The van der Waals surface area contributed by atoms with Crippen LogP contribution in [0.1, 0.15) is 28.4 Å². The Morgan fingerprint density at radius 3 is 2.57 bits per heavy atom. The van der Waals surface area contributed by atoms with Gasteiger partial charge in [0.1, 0.15) is 5.82 Å². The number of nitrogens with one attached hydrogen (secondary N) is 1. The van der Waals surface area contributed by atoms with Crippen LogP contribution in [0.25, 0.3) is 0 Å². The van der Waals surface area contributed by atoms with Crippen molar-refractivity contribution < 1.29 is 14.3 Å². The summed E-state index contributed by atoms with van der Waals surface area (Å²) in [5, 5.41) is 12.8. The maximum Gasteiger partial charge on any atom is 0.251 e. The molecule has 2 aromatic carbocycles. The second-order valence-corrected chi connectivity index (χ2v) is 5.56. The third-order valence-corrected chi connectivity index (χ3v) is 3.58. The zero-order valence-corrected chi connectivity index (χ0v) is 13.3. The fourth-order valence-electron chi connectivity index (χ4n) is 2.20. The summed E-state index contributed by atoms with van der Waals surface area (Å²) in [6.45, 7) is 0.337. The average Bonchev–Trinajstić information content (AvgIpc) is 2.55. The molecular weight excluding hydrogens is 295 g/mol. The Bertz CT molecular complexity index is 656. The van der Waals surface area contributed by atoms with Crippen molar-refractivity contribution >= 4 is 11.6 Å². The maximum atomic E-state index is 12.8. The number of rotatable bonds is 6. The molecule has 2 aromatic rings. The van der Waals surface area contributed by atoms with Gasteiger partial charge < -0.3 is 15.3 Å². The lowest BCUT2D eigenvalue weighted by Gasteiger charge is -2.14. The van der Waals surface area contributed by atoms with Gasteiger partial charge in [-0.2, -0.15) is 0 Å². The first-order chi connectivity index (χ1) is 11.0. The molecule has 1 unspecified atom stereocenters. The highest BCUT2D eigenvalue weighted by molar-refractivity contribution is 5.95. The van der Waals surface area contributed by atoms with E-state index in [-0.39, 0.29) is 11.7 Å². The van der Waals surface area contributed by atoms with Gasteiger partial charge in [-0.1, -0.05) is 18.2 Å². The second-order valence-electron chi connectivity index (χ2n) is 5.56. The van der Waals surface area contributed by atoms with E-state index < -0.39 is 6.10 Å². The molecule has 23 heavy (non-hydrogen) atoms. The van der Waals surface area contributed by atoms with E-state index >= 15 is 0 Å². The molecular formula is C18H21FN2O2. The highest BCUT2D eigenvalue weighted by atomic mass is 19.1. The number of amides is 1. The zero-order valence-electron chi connectivity index (χ0n) is 13.3. The smallest absolute Gasteiger partial charge is 0.251 e. The Hall–Kier alpha value is -2.40. The van der Waals surface area contributed by atoms with Crippen molar-refractivity contribution in [1.82, 2.24) is 5.32 Å². The van der Waals surface area contributed by atoms with E-state index in [0.29, 0.717) is 24.1 Å². The van der Waals surface area contributed by atoms with Gasteiger partial charge in [0.05, 0.1) is 6.10 Å². The lowest BCUT2D eigenvalue weighted by molar-refractivity contribution is 0.0942. The van der Waals surface area contributed by atoms with E-state index in [1.165, 1.54) is 12.1 Å². The van der Waals surface area contributed by atoms with Crippen molar-refractivity contribution in [2.45, 2.75) is 12.5 Å². The van der Waals surface area contributed by atoms with Crippen molar-refractivity contribution in [2.24, 2.45) is 0 Å². The molecule has 2 rings (SSSR count). The van der Waals surface area contributed by atoms with Crippen LogP contribution in [0, 0.1) is 5.82 Å². The van der Waals surface area contributed by atoms with Crippen LogP contribution in [0.4, 0.5) is 10.1 Å². The molecule has 1 amide bonds. The number of hydrogen-bond acceptors (Lipinski definition) is 3. The third-order valence-electron chi connectivity index (χ3n) is 3.58. The number of nitrogens with zero attached hydrogens (tertiary/aromatic N) is 1. The lowest BCUT2D eigenvalue weighted by atomic mass is 10.1. The molecule has 1 atom stereocenters. The molecule has 5 heteroatoms. The first kappa shape index (κ1) is 17.0. The second kappa shape index (κ2) is 7.74. The summed E-state index contributed by atoms with van der Waals surface area (Å²) in [7, 11) is 3.83. The van der Waals surface area contributed by atoms with Crippen LogP contribution in [0.3, 0.4) is 0 Å². The van der Waals surface area contributed by atoms with Crippen molar-refractivity contribution in [3.8, 4) is 0 Å². The van der Waals surface area contributed by atoms with Crippen LogP contribution in [0.5, 0.6) is 0 Å². The molecule has 0 radical (unpaired) electrons. The number of hydrogen-bond donors (Lipinski definition) is 2. The minimum absolute atomic E-state index is 0.181. The molecule has 0 bridgehead atoms. The predicted molar refractivity (Wildman–Crippen MR) is 89.1 cm³/mol. The number of carbonyl (C=O) groups excluding carboxylic acids is 1. The normalized spacial score (nSPS) is 11.8. The third kappa shape index (κ3) is 4.79. The Labute approximate surface area is 135 Å². The van der Waals surface area contributed by atoms with Gasteiger partial charge in [-0.05, 0) is 42.3 Å². The van der Waals surface area contributed by atoms with E-state index in [1.807, 2.05) is 37.2 Å². The molecule has 0 saturated heterocycles. The largest absolute Gasteiger partial charge is 0.388 e. The summed E-state index contributed by atoms with van der Waals surface area (Å²) in [4.78, 5) is 14.0. The number of carbonyl (C=O) groups is 1. The summed E-state index contributed by atoms with van der Waals surface area (Å²) < 4.78 is 12.8. The molecule has 0 aromatic heterocycles. The molecule has 0 heterocycles. The van der Waals surface area contributed by atoms with E-state index in [9.17, 15) is 14.3 Å². The highest BCUT2D eigenvalue weighted by Crippen LogP contribution is 2.17. The molecule has 0 aliphatic carbocycles. The van der Waals surface area contributed by atoms with Crippen LogP contribution in [0.2, 0.25) is 0 Å². The van der Waals surface area contributed by atoms with Crippen LogP contribution in [0.15, 0.2) is 48.5 Å². The number of halogens is 1. The quantitative estimate of drug-likeness (QED) is 0.861. The van der Waals surface area contributed by atoms with Crippen molar-refractivity contribution in [2.75, 3.05) is 25.5 Å². The molecule has 122 valence electrons. The molecule has 2 N–H and O–H groups in total. The molecule has 0 spiro atoms. The van der Waals surface area contributed by atoms with Crippen molar-refractivity contribution in [3.05, 3.63) is 65.5 Å². The van der Waals surface area contributed by atoms with Gasteiger partial charge in [0.15, 0.2) is 0 Å². The van der Waals surface area contributed by atoms with Crippen LogP contribution < -0.4 is 10.2 Å². The Morgan fingerprint density at radius 2 is 1.91 bits per heavy atom. The Kier molecular flexibility index (Phi) is 5.71. The number of anilines is 1. The molecule has 4 nitrogen and oxygen atoms in total. The first-order valence-electron chi connectivity index (χ1n) is 7.46. The zero-order chi connectivity index (χ0) is 16.8. The topological polar surface area (TPSA) is 52.6 Å². The van der Waals surface area contributed by atoms with Gasteiger partial charge in [0.25, 0.3) is 5.91 Å².